The fourth-order valence-electron chi connectivity index (χ4n) is 6.36. The molecular weight excluding hydrogens is 826 g/mol. The average molecular weight is 903 g/mol. The lowest BCUT2D eigenvalue weighted by Gasteiger charge is -2.36. The van der Waals surface area contributed by atoms with Crippen molar-refractivity contribution < 1.29 is 81.6 Å². The van der Waals surface area contributed by atoms with Gasteiger partial charge in [-0.3, -0.25) is 23.2 Å². The molecule has 1 aliphatic rings. The minimum Gasteiger partial charge on any atom is -0.462 e. The van der Waals surface area contributed by atoms with Gasteiger partial charge in [0.25, 0.3) is 0 Å². The van der Waals surface area contributed by atoms with Crippen molar-refractivity contribution in [2.24, 2.45) is 11.8 Å². The van der Waals surface area contributed by atoms with Crippen molar-refractivity contribution in [3.63, 3.8) is 0 Å². The summed E-state index contributed by atoms with van der Waals surface area (Å²) >= 11 is 0. The molecule has 0 radical (unpaired) electrons. The predicted molar refractivity (Wildman–Crippen MR) is 224 cm³/mol. The topological polar surface area (TPSA) is 265 Å². The number of rotatable bonds is 36. The minimum atomic E-state index is -4.90. The van der Waals surface area contributed by atoms with Crippen LogP contribution in [0.25, 0.3) is 0 Å². The number of aliphatic hydroxyl groups excluding tert-OH is 4. The highest BCUT2D eigenvalue weighted by molar-refractivity contribution is 7.47. The lowest BCUT2D eigenvalue weighted by molar-refractivity contribution is -0.199. The molecule has 352 valence electrons. The monoisotopic (exact) mass is 902 g/mol. The summed E-state index contributed by atoms with van der Waals surface area (Å²) in [7, 11) is -9.78. The summed E-state index contributed by atoms with van der Waals surface area (Å²) in [5, 5.41) is 40.7. The van der Waals surface area contributed by atoms with E-state index in [9.17, 15) is 44.0 Å². The van der Waals surface area contributed by atoms with E-state index in [0.29, 0.717) is 32.1 Å². The number of phosphoric acid groups is 2. The molecular formula is C41H76O17P2. The van der Waals surface area contributed by atoms with Crippen molar-refractivity contribution in [3.8, 4) is 0 Å². The standard InChI is InChI=1S/C41H76O17P2/c1-4-6-15-21-33(42)25-26-38-36(37(44)27-41(47)58-38)22-17-13-14-19-24-40(46)57-35(31-56-60(51,52)55-29-34(43)28-54-59(48,49)50)30-53-39(45)23-18-12-10-8-7-9-11-16-20-32(3)5-2/h13,17,25-26,32-38,41-44,47H,4-12,14-16,18-24,27-31H2,1-3H3,(H,51,52)(H2,48,49,50)/b17-13-,26-25+/t32?,33-,34-,35+,36-,37-,38+,41?/m0/s1. The average Bonchev–Trinajstić information content (AvgIpc) is 3.18. The molecule has 3 unspecified atom stereocenters. The third-order valence-corrected chi connectivity index (χ3v) is 11.6. The van der Waals surface area contributed by atoms with E-state index in [1.165, 1.54) is 32.1 Å². The SMILES string of the molecule is CCCCC[C@H](O)/C=C/[C@H]1OC(O)C[C@H](O)[C@@H]1C/C=C\CCCC(=O)O[C@H](COC(=O)CCCCCCCCCCC(C)CC)COP(=O)(O)OC[C@@H](O)COP(=O)(O)O. The highest BCUT2D eigenvalue weighted by Crippen LogP contribution is 2.44. The number of carbonyl (C=O) groups excluding carboxylic acids is 2. The number of hydrogen-bond donors (Lipinski definition) is 7. The second-order valence-electron chi connectivity index (χ2n) is 15.7. The first kappa shape index (κ1) is 56.5. The molecule has 19 heteroatoms. The number of phosphoric ester groups is 2. The van der Waals surface area contributed by atoms with Crippen molar-refractivity contribution in [2.75, 3.05) is 26.4 Å². The Balaban J connectivity index is 2.64. The van der Waals surface area contributed by atoms with Crippen LogP contribution in [0.2, 0.25) is 0 Å². The molecule has 9 atom stereocenters. The second kappa shape index (κ2) is 33.0. The minimum absolute atomic E-state index is 0.0566. The van der Waals surface area contributed by atoms with Gasteiger partial charge in [-0.2, -0.15) is 0 Å². The van der Waals surface area contributed by atoms with E-state index in [1.807, 2.05) is 12.2 Å². The first-order valence-corrected chi connectivity index (χ1v) is 24.8. The zero-order valence-corrected chi connectivity index (χ0v) is 37.8. The number of unbranched alkanes of at least 4 members (excludes halogenated alkanes) is 10. The summed E-state index contributed by atoms with van der Waals surface area (Å²) in [6, 6.07) is 0. The maximum atomic E-state index is 12.8. The van der Waals surface area contributed by atoms with Gasteiger partial charge in [0, 0.05) is 25.2 Å². The molecule has 60 heavy (non-hydrogen) atoms. The van der Waals surface area contributed by atoms with E-state index in [-0.39, 0.29) is 25.2 Å². The molecule has 0 aromatic rings. The molecule has 0 spiro atoms. The summed E-state index contributed by atoms with van der Waals surface area (Å²) in [5.74, 6) is -0.820. The van der Waals surface area contributed by atoms with E-state index in [4.69, 9.17) is 28.5 Å². The quantitative estimate of drug-likeness (QED) is 0.0149. The van der Waals surface area contributed by atoms with Crippen LogP contribution >= 0.6 is 15.6 Å². The number of esters is 2. The van der Waals surface area contributed by atoms with Crippen LogP contribution in [-0.4, -0.2) is 110 Å². The van der Waals surface area contributed by atoms with Gasteiger partial charge in [0.2, 0.25) is 0 Å². The molecule has 1 fully saturated rings. The van der Waals surface area contributed by atoms with Crippen LogP contribution in [0, 0.1) is 11.8 Å². The van der Waals surface area contributed by atoms with Crippen LogP contribution in [0.15, 0.2) is 24.3 Å². The lowest BCUT2D eigenvalue weighted by atomic mass is 9.87. The normalized spacial score (nSPS) is 21.8. The number of aliphatic hydroxyl groups is 4. The van der Waals surface area contributed by atoms with Crippen LogP contribution in [0.3, 0.4) is 0 Å². The Hall–Kier alpha value is -1.56. The highest BCUT2D eigenvalue weighted by Gasteiger charge is 2.35. The van der Waals surface area contributed by atoms with Gasteiger partial charge in [0.1, 0.15) is 12.7 Å². The molecule has 17 nitrogen and oxygen atoms in total. The van der Waals surface area contributed by atoms with Crippen LogP contribution in [0.5, 0.6) is 0 Å². The Labute approximate surface area is 357 Å². The van der Waals surface area contributed by atoms with Gasteiger partial charge in [-0.05, 0) is 38.0 Å². The van der Waals surface area contributed by atoms with E-state index in [0.717, 1.165) is 50.9 Å². The Morgan fingerprint density at radius 1 is 0.767 bits per heavy atom. The van der Waals surface area contributed by atoms with Gasteiger partial charge in [-0.1, -0.05) is 122 Å². The molecule has 0 aliphatic carbocycles. The fraction of sp³-hybridized carbons (Fsp3) is 0.854. The number of hydrogen-bond acceptors (Lipinski definition) is 14. The summed E-state index contributed by atoms with van der Waals surface area (Å²) in [6.45, 7) is 3.62. The number of carbonyl (C=O) groups is 2. The van der Waals surface area contributed by atoms with E-state index >= 15 is 0 Å². The first-order chi connectivity index (χ1) is 28.4. The smallest absolute Gasteiger partial charge is 0.462 e. The molecule has 1 saturated heterocycles. The Morgan fingerprint density at radius 2 is 1.38 bits per heavy atom. The molecule has 0 amide bonds. The van der Waals surface area contributed by atoms with E-state index in [2.05, 4.69) is 29.8 Å². The maximum Gasteiger partial charge on any atom is 0.472 e. The maximum absolute atomic E-state index is 12.8. The Morgan fingerprint density at radius 3 is 2.05 bits per heavy atom. The second-order valence-corrected chi connectivity index (χ2v) is 18.4. The van der Waals surface area contributed by atoms with Crippen molar-refractivity contribution in [2.45, 2.75) is 186 Å². The third kappa shape index (κ3) is 30.5. The van der Waals surface area contributed by atoms with E-state index in [1.54, 1.807) is 12.2 Å². The molecule has 0 aromatic heterocycles. The molecule has 1 rings (SSSR count). The number of ether oxygens (including phenoxy) is 3. The van der Waals surface area contributed by atoms with Crippen molar-refractivity contribution >= 4 is 27.6 Å². The largest absolute Gasteiger partial charge is 0.472 e. The molecule has 0 aromatic carbocycles. The Bertz CT molecular complexity index is 1290. The summed E-state index contributed by atoms with van der Waals surface area (Å²) in [5.41, 5.74) is 0. The van der Waals surface area contributed by atoms with Crippen molar-refractivity contribution in [3.05, 3.63) is 24.3 Å². The molecule has 1 aliphatic heterocycles. The summed E-state index contributed by atoms with van der Waals surface area (Å²) < 4.78 is 53.4. The van der Waals surface area contributed by atoms with Gasteiger partial charge in [-0.25, -0.2) is 9.13 Å². The zero-order valence-electron chi connectivity index (χ0n) is 36.0. The Kier molecular flexibility index (Phi) is 31.1. The van der Waals surface area contributed by atoms with Crippen molar-refractivity contribution in [1.82, 2.24) is 0 Å². The summed E-state index contributed by atoms with van der Waals surface area (Å²) in [6.07, 6.45) is 16.6. The third-order valence-electron chi connectivity index (χ3n) is 10.2. The van der Waals surface area contributed by atoms with Crippen LogP contribution in [0.4, 0.5) is 0 Å². The van der Waals surface area contributed by atoms with Gasteiger partial charge >= 0.3 is 27.6 Å². The molecule has 7 N–H and O–H groups in total. The first-order valence-electron chi connectivity index (χ1n) is 21.8. The van der Waals surface area contributed by atoms with Gasteiger partial charge in [-0.15, -0.1) is 0 Å². The van der Waals surface area contributed by atoms with Crippen LogP contribution in [-0.2, 0) is 46.5 Å². The van der Waals surface area contributed by atoms with Gasteiger partial charge in [0.15, 0.2) is 12.4 Å². The van der Waals surface area contributed by atoms with E-state index < -0.39 is 90.8 Å². The van der Waals surface area contributed by atoms with Crippen LogP contribution in [0.1, 0.15) is 149 Å². The number of allylic oxidation sites excluding steroid dienone is 2. The van der Waals surface area contributed by atoms with Gasteiger partial charge < -0.3 is 49.3 Å². The molecule has 0 bridgehead atoms. The van der Waals surface area contributed by atoms with Crippen molar-refractivity contribution in [1.29, 1.82) is 0 Å². The lowest BCUT2D eigenvalue weighted by Crippen LogP contribution is -2.43. The van der Waals surface area contributed by atoms with Crippen LogP contribution < -0.4 is 0 Å². The van der Waals surface area contributed by atoms with Gasteiger partial charge in [0.05, 0.1) is 38.1 Å². The highest BCUT2D eigenvalue weighted by atomic mass is 31.2. The fourth-order valence-corrected chi connectivity index (χ4v) is 7.52. The predicted octanol–water partition coefficient (Wildman–Crippen LogP) is 6.69. The zero-order chi connectivity index (χ0) is 44.8. The molecule has 0 saturated carbocycles. The summed E-state index contributed by atoms with van der Waals surface area (Å²) in [4.78, 5) is 52.9. The molecule has 1 heterocycles.